The quantitative estimate of drug-likeness (QED) is 0.753. The number of hydrogen-bond acceptors (Lipinski definition) is 3. The van der Waals surface area contributed by atoms with Gasteiger partial charge < -0.3 is 5.73 Å². The summed E-state index contributed by atoms with van der Waals surface area (Å²) in [6, 6.07) is 0. The number of aromatic nitrogens is 2. The molecule has 0 saturated carbocycles. The van der Waals surface area contributed by atoms with E-state index in [0.29, 0.717) is 11.7 Å². The van der Waals surface area contributed by atoms with Crippen LogP contribution in [0.15, 0.2) is 6.20 Å². The average molecular weight is 208 g/mol. The van der Waals surface area contributed by atoms with E-state index in [2.05, 4.69) is 9.97 Å². The van der Waals surface area contributed by atoms with Crippen LogP contribution in [0.4, 0.5) is 5.82 Å². The second-order valence-corrected chi connectivity index (χ2v) is 2.45. The largest absolute Gasteiger partial charge is 0.383 e. The van der Waals surface area contributed by atoms with Crippen molar-refractivity contribution < 1.29 is 0 Å². The Hall–Kier alpha value is -0.540. The number of nitrogen functional groups attached to an aromatic ring is 1. The van der Waals surface area contributed by atoms with Gasteiger partial charge in [0.2, 0.25) is 0 Å². The standard InChI is InChI=1S/C7H10ClN3.ClH/c1-2-6-10-4-5(3-8)7(9)11-6;/h4H,2-3H2,1H3,(H2,9,10,11);1H. The number of nitrogens with two attached hydrogens (primary N) is 1. The first-order valence-corrected chi connectivity index (χ1v) is 3.97. The highest BCUT2D eigenvalue weighted by atomic mass is 35.5. The summed E-state index contributed by atoms with van der Waals surface area (Å²) in [5.74, 6) is 1.62. The summed E-state index contributed by atoms with van der Waals surface area (Å²) in [7, 11) is 0. The van der Waals surface area contributed by atoms with Gasteiger partial charge in [0.05, 0.1) is 5.88 Å². The van der Waals surface area contributed by atoms with Gasteiger partial charge in [-0.15, -0.1) is 24.0 Å². The Morgan fingerprint density at radius 1 is 1.58 bits per heavy atom. The highest BCUT2D eigenvalue weighted by Gasteiger charge is 2.00. The summed E-state index contributed by atoms with van der Waals surface area (Å²) >= 11 is 5.57. The molecule has 0 amide bonds. The zero-order chi connectivity index (χ0) is 8.27. The Labute approximate surface area is 82.8 Å². The molecule has 3 nitrogen and oxygen atoms in total. The summed E-state index contributed by atoms with van der Waals surface area (Å²) in [6.45, 7) is 1.98. The smallest absolute Gasteiger partial charge is 0.131 e. The monoisotopic (exact) mass is 207 g/mol. The van der Waals surface area contributed by atoms with Crippen molar-refractivity contribution in [2.24, 2.45) is 0 Å². The van der Waals surface area contributed by atoms with E-state index in [-0.39, 0.29) is 12.4 Å². The summed E-state index contributed by atoms with van der Waals surface area (Å²) in [5, 5.41) is 0. The summed E-state index contributed by atoms with van der Waals surface area (Å²) in [4.78, 5) is 8.10. The van der Waals surface area contributed by atoms with E-state index in [1.54, 1.807) is 6.20 Å². The Morgan fingerprint density at radius 2 is 2.25 bits per heavy atom. The molecule has 0 radical (unpaired) electrons. The van der Waals surface area contributed by atoms with Crippen LogP contribution in [0.25, 0.3) is 0 Å². The number of alkyl halides is 1. The highest BCUT2D eigenvalue weighted by molar-refractivity contribution is 6.17. The van der Waals surface area contributed by atoms with Crippen LogP contribution in [-0.4, -0.2) is 9.97 Å². The fourth-order valence-corrected chi connectivity index (χ4v) is 0.937. The maximum Gasteiger partial charge on any atom is 0.131 e. The van der Waals surface area contributed by atoms with Crippen LogP contribution in [-0.2, 0) is 12.3 Å². The van der Waals surface area contributed by atoms with Gasteiger partial charge in [0, 0.05) is 18.2 Å². The van der Waals surface area contributed by atoms with Crippen LogP contribution in [0.5, 0.6) is 0 Å². The molecule has 0 bridgehead atoms. The van der Waals surface area contributed by atoms with Crippen LogP contribution < -0.4 is 5.73 Å². The van der Waals surface area contributed by atoms with E-state index in [1.807, 2.05) is 6.92 Å². The molecule has 1 aromatic heterocycles. The van der Waals surface area contributed by atoms with Crippen molar-refractivity contribution in [2.75, 3.05) is 5.73 Å². The zero-order valence-corrected chi connectivity index (χ0v) is 8.32. The van der Waals surface area contributed by atoms with Crippen molar-refractivity contribution in [2.45, 2.75) is 19.2 Å². The second kappa shape index (κ2) is 5.17. The molecule has 0 unspecified atom stereocenters. The molecule has 0 fully saturated rings. The predicted molar refractivity (Wildman–Crippen MR) is 52.6 cm³/mol. The van der Waals surface area contributed by atoms with Crippen molar-refractivity contribution in [3.05, 3.63) is 17.6 Å². The topological polar surface area (TPSA) is 51.8 Å². The molecule has 12 heavy (non-hydrogen) atoms. The van der Waals surface area contributed by atoms with Crippen LogP contribution in [0.1, 0.15) is 18.3 Å². The van der Waals surface area contributed by atoms with Crippen LogP contribution >= 0.6 is 24.0 Å². The van der Waals surface area contributed by atoms with Crippen LogP contribution in [0.2, 0.25) is 0 Å². The van der Waals surface area contributed by atoms with Gasteiger partial charge >= 0.3 is 0 Å². The van der Waals surface area contributed by atoms with Gasteiger partial charge in [-0.3, -0.25) is 0 Å². The molecule has 0 aliphatic heterocycles. The van der Waals surface area contributed by atoms with Crippen molar-refractivity contribution in [1.29, 1.82) is 0 Å². The Balaban J connectivity index is 0.00000121. The third-order valence-electron chi connectivity index (χ3n) is 1.41. The molecule has 0 aliphatic carbocycles. The highest BCUT2D eigenvalue weighted by Crippen LogP contribution is 2.09. The van der Waals surface area contributed by atoms with Crippen molar-refractivity contribution in [1.82, 2.24) is 9.97 Å². The fraction of sp³-hybridized carbons (Fsp3) is 0.429. The van der Waals surface area contributed by atoms with E-state index >= 15 is 0 Å². The molecular weight excluding hydrogens is 197 g/mol. The molecule has 1 aromatic rings. The van der Waals surface area contributed by atoms with Gasteiger partial charge in [-0.1, -0.05) is 6.92 Å². The normalized spacial score (nSPS) is 9.17. The van der Waals surface area contributed by atoms with Gasteiger partial charge in [-0.05, 0) is 0 Å². The van der Waals surface area contributed by atoms with Crippen LogP contribution in [0.3, 0.4) is 0 Å². The van der Waals surface area contributed by atoms with E-state index in [9.17, 15) is 0 Å². The maximum absolute atomic E-state index is 5.57. The third kappa shape index (κ3) is 2.50. The van der Waals surface area contributed by atoms with Gasteiger partial charge in [-0.2, -0.15) is 0 Å². The molecule has 68 valence electrons. The molecule has 0 spiro atoms. The lowest BCUT2D eigenvalue weighted by Crippen LogP contribution is -2.01. The lowest BCUT2D eigenvalue weighted by atomic mass is 10.3. The molecule has 5 heteroatoms. The van der Waals surface area contributed by atoms with E-state index < -0.39 is 0 Å². The molecule has 2 N–H and O–H groups in total. The molecule has 0 aliphatic rings. The summed E-state index contributed by atoms with van der Waals surface area (Å²) in [5.41, 5.74) is 6.37. The minimum Gasteiger partial charge on any atom is -0.383 e. The minimum absolute atomic E-state index is 0. The number of hydrogen-bond donors (Lipinski definition) is 1. The van der Waals surface area contributed by atoms with Crippen LogP contribution in [0, 0.1) is 0 Å². The Morgan fingerprint density at radius 3 is 2.67 bits per heavy atom. The Kier molecular flexibility index (Phi) is 4.93. The molecular formula is C7H11Cl2N3. The van der Waals surface area contributed by atoms with Gasteiger partial charge in [0.15, 0.2) is 0 Å². The molecule has 0 aromatic carbocycles. The van der Waals surface area contributed by atoms with Crippen molar-refractivity contribution >= 4 is 29.8 Å². The average Bonchev–Trinajstić information content (AvgIpc) is 2.04. The lowest BCUT2D eigenvalue weighted by molar-refractivity contribution is 0.933. The van der Waals surface area contributed by atoms with E-state index in [1.165, 1.54) is 0 Å². The van der Waals surface area contributed by atoms with E-state index in [0.717, 1.165) is 17.8 Å². The maximum atomic E-state index is 5.57. The molecule has 0 atom stereocenters. The number of anilines is 1. The fourth-order valence-electron chi connectivity index (χ4n) is 0.732. The second-order valence-electron chi connectivity index (χ2n) is 2.18. The number of rotatable bonds is 2. The van der Waals surface area contributed by atoms with Crippen molar-refractivity contribution in [3.8, 4) is 0 Å². The molecule has 1 heterocycles. The SMILES string of the molecule is CCc1ncc(CCl)c(N)n1.Cl. The first-order valence-electron chi connectivity index (χ1n) is 3.44. The third-order valence-corrected chi connectivity index (χ3v) is 1.70. The number of aryl methyl sites for hydroxylation is 1. The molecule has 1 rings (SSSR count). The van der Waals surface area contributed by atoms with E-state index in [4.69, 9.17) is 17.3 Å². The first kappa shape index (κ1) is 11.5. The minimum atomic E-state index is 0. The first-order chi connectivity index (χ1) is 5.27. The number of halogens is 2. The number of nitrogens with zero attached hydrogens (tertiary/aromatic N) is 2. The zero-order valence-electron chi connectivity index (χ0n) is 6.75. The predicted octanol–water partition coefficient (Wildman–Crippen LogP) is 1.78. The van der Waals surface area contributed by atoms with Gasteiger partial charge in [-0.25, -0.2) is 9.97 Å². The van der Waals surface area contributed by atoms with Crippen molar-refractivity contribution in [3.63, 3.8) is 0 Å². The summed E-state index contributed by atoms with van der Waals surface area (Å²) < 4.78 is 0. The van der Waals surface area contributed by atoms with Gasteiger partial charge in [0.1, 0.15) is 11.6 Å². The van der Waals surface area contributed by atoms with Gasteiger partial charge in [0.25, 0.3) is 0 Å². The molecule has 0 saturated heterocycles. The summed E-state index contributed by atoms with van der Waals surface area (Å²) in [6.07, 6.45) is 2.47. The lowest BCUT2D eigenvalue weighted by Gasteiger charge is -2.00. The Bertz CT molecular complexity index is 252.